The lowest BCUT2D eigenvalue weighted by molar-refractivity contribution is -0.120. The first-order chi connectivity index (χ1) is 8.24. The Morgan fingerprint density at radius 1 is 1.29 bits per heavy atom. The molecule has 1 atom stereocenters. The number of benzene rings is 1. The molecule has 0 bridgehead atoms. The van der Waals surface area contributed by atoms with Gasteiger partial charge in [-0.25, -0.2) is 0 Å². The van der Waals surface area contributed by atoms with Crippen molar-refractivity contribution in [3.63, 3.8) is 0 Å². The van der Waals surface area contributed by atoms with Gasteiger partial charge in [-0.05, 0) is 6.07 Å². The Bertz CT molecular complexity index is 417. The largest absolute Gasteiger partial charge is 0.497 e. The van der Waals surface area contributed by atoms with Crippen LogP contribution in [0.25, 0.3) is 0 Å². The highest BCUT2D eigenvalue weighted by Crippen LogP contribution is 2.32. The lowest BCUT2D eigenvalue weighted by atomic mass is 9.96. The Hall–Kier alpha value is -1.55. The molecule has 0 amide bonds. The Morgan fingerprint density at radius 2 is 2.12 bits per heavy atom. The summed E-state index contributed by atoms with van der Waals surface area (Å²) in [5.74, 6) is 1.82. The van der Waals surface area contributed by atoms with Crippen molar-refractivity contribution in [3.8, 4) is 11.5 Å². The van der Waals surface area contributed by atoms with Gasteiger partial charge in [-0.15, -0.1) is 0 Å². The fraction of sp³-hybridized carbons (Fsp3) is 0.462. The van der Waals surface area contributed by atoms with Crippen LogP contribution in [-0.2, 0) is 4.79 Å². The minimum atomic E-state index is 0.0529. The third-order valence-corrected chi connectivity index (χ3v) is 3.04. The third kappa shape index (κ3) is 2.58. The number of hydrogen-bond acceptors (Lipinski definition) is 4. The van der Waals surface area contributed by atoms with Crippen molar-refractivity contribution in [1.29, 1.82) is 0 Å². The van der Waals surface area contributed by atoms with Crippen LogP contribution in [0.2, 0.25) is 0 Å². The summed E-state index contributed by atoms with van der Waals surface area (Å²) in [5, 5.41) is 3.34. The molecule has 0 aromatic heterocycles. The highest BCUT2D eigenvalue weighted by Gasteiger charge is 2.23. The first kappa shape index (κ1) is 11.9. The lowest BCUT2D eigenvalue weighted by Crippen LogP contribution is -2.32. The van der Waals surface area contributed by atoms with Crippen molar-refractivity contribution in [2.75, 3.05) is 20.8 Å². The normalized spacial score (nSPS) is 20.1. The Labute approximate surface area is 101 Å². The highest BCUT2D eigenvalue weighted by molar-refractivity contribution is 5.80. The van der Waals surface area contributed by atoms with E-state index in [2.05, 4.69) is 5.32 Å². The van der Waals surface area contributed by atoms with E-state index in [1.807, 2.05) is 18.2 Å². The monoisotopic (exact) mass is 235 g/mol. The number of piperidine rings is 1. The predicted octanol–water partition coefficient (Wildman–Crippen LogP) is 1.70. The summed E-state index contributed by atoms with van der Waals surface area (Å²) in [6.07, 6.45) is 1.15. The number of nitrogens with one attached hydrogen (secondary N) is 1. The summed E-state index contributed by atoms with van der Waals surface area (Å²) in [4.78, 5) is 11.5. The SMILES string of the molecule is COc1ccc(C2CC(=O)CCN2)c(OC)c1. The number of ketones is 1. The molecule has 1 aliphatic rings. The average molecular weight is 235 g/mol. The van der Waals surface area contributed by atoms with E-state index in [9.17, 15) is 4.79 Å². The average Bonchev–Trinajstić information content (AvgIpc) is 2.38. The van der Waals surface area contributed by atoms with Gasteiger partial charge in [-0.2, -0.15) is 0 Å². The fourth-order valence-electron chi connectivity index (χ4n) is 2.11. The van der Waals surface area contributed by atoms with Crippen molar-refractivity contribution in [1.82, 2.24) is 5.32 Å². The second kappa shape index (κ2) is 5.19. The molecule has 4 nitrogen and oxygen atoms in total. The molecule has 1 aromatic carbocycles. The molecule has 2 rings (SSSR count). The smallest absolute Gasteiger partial charge is 0.136 e. The molecule has 92 valence electrons. The summed E-state index contributed by atoms with van der Waals surface area (Å²) >= 11 is 0. The fourth-order valence-corrected chi connectivity index (χ4v) is 2.11. The van der Waals surface area contributed by atoms with E-state index >= 15 is 0 Å². The maximum atomic E-state index is 11.5. The van der Waals surface area contributed by atoms with Crippen LogP contribution in [0.15, 0.2) is 18.2 Å². The first-order valence-electron chi connectivity index (χ1n) is 5.71. The standard InChI is InChI=1S/C13H17NO3/c1-16-10-3-4-11(13(8-10)17-2)12-7-9(15)5-6-14-12/h3-4,8,12,14H,5-7H2,1-2H3. The molecule has 1 fully saturated rings. The topological polar surface area (TPSA) is 47.6 Å². The van der Waals surface area contributed by atoms with E-state index < -0.39 is 0 Å². The minimum Gasteiger partial charge on any atom is -0.497 e. The van der Waals surface area contributed by atoms with Crippen LogP contribution in [-0.4, -0.2) is 26.5 Å². The van der Waals surface area contributed by atoms with Gasteiger partial charge in [0.05, 0.1) is 14.2 Å². The van der Waals surface area contributed by atoms with Gasteiger partial charge in [-0.1, -0.05) is 6.07 Å². The van der Waals surface area contributed by atoms with Gasteiger partial charge in [0.25, 0.3) is 0 Å². The van der Waals surface area contributed by atoms with Crippen LogP contribution in [0.3, 0.4) is 0 Å². The van der Waals surface area contributed by atoms with E-state index in [0.717, 1.165) is 23.6 Å². The number of ether oxygens (including phenoxy) is 2. The van der Waals surface area contributed by atoms with Gasteiger partial charge in [0.2, 0.25) is 0 Å². The molecule has 1 heterocycles. The van der Waals surface area contributed by atoms with Gasteiger partial charge in [0, 0.05) is 37.1 Å². The van der Waals surface area contributed by atoms with Crippen molar-refractivity contribution in [3.05, 3.63) is 23.8 Å². The predicted molar refractivity (Wildman–Crippen MR) is 64.5 cm³/mol. The number of carbonyl (C=O) groups excluding carboxylic acids is 1. The molecule has 1 aliphatic heterocycles. The van der Waals surface area contributed by atoms with Crippen molar-refractivity contribution in [2.45, 2.75) is 18.9 Å². The maximum Gasteiger partial charge on any atom is 0.136 e. The number of Topliss-reactive ketones (excluding diaryl/α,β-unsaturated/α-hetero) is 1. The van der Waals surface area contributed by atoms with E-state index in [-0.39, 0.29) is 6.04 Å². The zero-order valence-electron chi connectivity index (χ0n) is 10.2. The summed E-state index contributed by atoms with van der Waals surface area (Å²) < 4.78 is 10.5. The molecule has 1 aromatic rings. The second-order valence-corrected chi connectivity index (χ2v) is 4.11. The van der Waals surface area contributed by atoms with E-state index in [4.69, 9.17) is 9.47 Å². The van der Waals surface area contributed by atoms with E-state index in [1.165, 1.54) is 0 Å². The van der Waals surface area contributed by atoms with Crippen molar-refractivity contribution >= 4 is 5.78 Å². The summed E-state index contributed by atoms with van der Waals surface area (Å²) in [6, 6.07) is 5.74. The second-order valence-electron chi connectivity index (χ2n) is 4.11. The molecule has 0 radical (unpaired) electrons. The summed E-state index contributed by atoms with van der Waals surface area (Å²) in [7, 11) is 3.25. The van der Waals surface area contributed by atoms with E-state index in [1.54, 1.807) is 14.2 Å². The van der Waals surface area contributed by atoms with Crippen LogP contribution < -0.4 is 14.8 Å². The number of carbonyl (C=O) groups is 1. The van der Waals surface area contributed by atoms with E-state index in [0.29, 0.717) is 18.6 Å². The minimum absolute atomic E-state index is 0.0529. The molecule has 0 saturated carbocycles. The number of hydrogen-bond donors (Lipinski definition) is 1. The molecule has 4 heteroatoms. The van der Waals surface area contributed by atoms with Crippen LogP contribution in [0, 0.1) is 0 Å². The van der Waals surface area contributed by atoms with Crippen molar-refractivity contribution in [2.24, 2.45) is 0 Å². The molecule has 1 unspecified atom stereocenters. The summed E-state index contributed by atoms with van der Waals surface area (Å²) in [6.45, 7) is 0.735. The molecule has 0 aliphatic carbocycles. The molecule has 0 spiro atoms. The van der Waals surface area contributed by atoms with Crippen LogP contribution in [0.4, 0.5) is 0 Å². The Morgan fingerprint density at radius 3 is 2.76 bits per heavy atom. The molecular formula is C13H17NO3. The highest BCUT2D eigenvalue weighted by atomic mass is 16.5. The first-order valence-corrected chi connectivity index (χ1v) is 5.71. The molecular weight excluding hydrogens is 218 g/mol. The van der Waals surface area contributed by atoms with Gasteiger partial charge in [-0.3, -0.25) is 4.79 Å². The molecule has 17 heavy (non-hydrogen) atoms. The number of methoxy groups -OCH3 is 2. The van der Waals surface area contributed by atoms with Gasteiger partial charge < -0.3 is 14.8 Å². The maximum absolute atomic E-state index is 11.5. The Balaban J connectivity index is 2.27. The Kier molecular flexibility index (Phi) is 3.64. The number of rotatable bonds is 3. The van der Waals surface area contributed by atoms with Crippen molar-refractivity contribution < 1.29 is 14.3 Å². The third-order valence-electron chi connectivity index (χ3n) is 3.04. The quantitative estimate of drug-likeness (QED) is 0.866. The van der Waals surface area contributed by atoms with Gasteiger partial charge in [0.1, 0.15) is 17.3 Å². The van der Waals surface area contributed by atoms with Gasteiger partial charge >= 0.3 is 0 Å². The van der Waals surface area contributed by atoms with Crippen LogP contribution in [0.1, 0.15) is 24.4 Å². The molecule has 1 N–H and O–H groups in total. The zero-order valence-corrected chi connectivity index (χ0v) is 10.2. The zero-order chi connectivity index (χ0) is 12.3. The summed E-state index contributed by atoms with van der Waals surface area (Å²) in [5.41, 5.74) is 1.02. The van der Waals surface area contributed by atoms with Crippen LogP contribution >= 0.6 is 0 Å². The van der Waals surface area contributed by atoms with Crippen LogP contribution in [0.5, 0.6) is 11.5 Å². The molecule has 1 saturated heterocycles. The lowest BCUT2D eigenvalue weighted by Gasteiger charge is -2.24. The van der Waals surface area contributed by atoms with Gasteiger partial charge in [0.15, 0.2) is 0 Å².